The van der Waals surface area contributed by atoms with Crippen molar-refractivity contribution in [1.82, 2.24) is 0 Å². The number of fused-ring (bicyclic) bond motifs is 5. The molecule has 5 fully saturated rings. The van der Waals surface area contributed by atoms with Crippen molar-refractivity contribution >= 4 is 5.78 Å². The average molecular weight is 441 g/mol. The summed E-state index contributed by atoms with van der Waals surface area (Å²) < 4.78 is 5.85. The van der Waals surface area contributed by atoms with Gasteiger partial charge in [0.25, 0.3) is 0 Å². The topological polar surface area (TPSA) is 29.6 Å². The van der Waals surface area contributed by atoms with Crippen LogP contribution in [0.1, 0.15) is 113 Å². The standard InChI is InChI=1S/C30H48O2/c1-19(9-12-25-27(4,5)32-25)20-13-17-29(7)21(20)10-11-23-28(6)16-15-24(31)26(2,3)22(28)14-18-30(23,29)8/h20-23,25H,1,9-18H2,2-8H3/t20-,21-,22+,23+,25+,28+,29-,30-/m1/s1. The molecule has 8 atom stereocenters. The molecule has 2 nitrogen and oxygen atoms in total. The second-order valence-corrected chi connectivity index (χ2v) is 14.4. The number of ketones is 1. The first-order chi connectivity index (χ1) is 14.8. The van der Waals surface area contributed by atoms with Crippen LogP contribution in [0.5, 0.6) is 0 Å². The Bertz CT molecular complexity index is 823. The van der Waals surface area contributed by atoms with Crippen molar-refractivity contribution in [3.8, 4) is 0 Å². The van der Waals surface area contributed by atoms with E-state index in [4.69, 9.17) is 4.74 Å². The van der Waals surface area contributed by atoms with Crippen molar-refractivity contribution < 1.29 is 9.53 Å². The summed E-state index contributed by atoms with van der Waals surface area (Å²) in [6.07, 6.45) is 12.6. The lowest BCUT2D eigenvalue weighted by Gasteiger charge is -2.69. The van der Waals surface area contributed by atoms with Crippen molar-refractivity contribution in [2.24, 2.45) is 45.3 Å². The fourth-order valence-corrected chi connectivity index (χ4v) is 10.3. The summed E-state index contributed by atoms with van der Waals surface area (Å²) in [7, 11) is 0. The predicted molar refractivity (Wildman–Crippen MR) is 131 cm³/mol. The molecule has 1 heterocycles. The van der Waals surface area contributed by atoms with E-state index < -0.39 is 0 Å². The molecule has 4 saturated carbocycles. The molecule has 5 aliphatic rings. The molecule has 0 bridgehead atoms. The molecule has 0 unspecified atom stereocenters. The Morgan fingerprint density at radius 2 is 1.56 bits per heavy atom. The summed E-state index contributed by atoms with van der Waals surface area (Å²) in [5.74, 6) is 3.33. The van der Waals surface area contributed by atoms with Crippen molar-refractivity contribution in [2.75, 3.05) is 0 Å². The van der Waals surface area contributed by atoms with E-state index in [0.29, 0.717) is 40.0 Å². The van der Waals surface area contributed by atoms with E-state index in [1.807, 2.05) is 0 Å². The lowest BCUT2D eigenvalue weighted by atomic mass is 9.35. The van der Waals surface area contributed by atoms with Crippen LogP contribution in [0.3, 0.4) is 0 Å². The molecular weight excluding hydrogens is 392 g/mol. The minimum absolute atomic E-state index is 0.0965. The van der Waals surface area contributed by atoms with Gasteiger partial charge in [0.2, 0.25) is 0 Å². The zero-order valence-electron chi connectivity index (χ0n) is 22.0. The molecule has 4 aliphatic carbocycles. The SMILES string of the molecule is C=C(CC[C@@H]1OC1(C)C)[C@H]1CC[C@]2(C)[C@@H]1CC[C@H]1[C@@]3(C)CCC(=O)C(C)(C)[C@@H]3CC[C@]12C. The van der Waals surface area contributed by atoms with Crippen LogP contribution in [-0.4, -0.2) is 17.5 Å². The van der Waals surface area contributed by atoms with Crippen LogP contribution in [0, 0.1) is 45.3 Å². The molecule has 1 saturated heterocycles. The van der Waals surface area contributed by atoms with Gasteiger partial charge >= 0.3 is 0 Å². The molecule has 0 radical (unpaired) electrons. The number of ether oxygens (including phenoxy) is 1. The third kappa shape index (κ3) is 2.96. The van der Waals surface area contributed by atoms with Gasteiger partial charge in [-0.2, -0.15) is 0 Å². The number of allylic oxidation sites excluding steroid dienone is 1. The van der Waals surface area contributed by atoms with Crippen LogP contribution in [0.2, 0.25) is 0 Å². The van der Waals surface area contributed by atoms with E-state index in [0.717, 1.165) is 37.5 Å². The molecule has 0 N–H and O–H groups in total. The first-order valence-electron chi connectivity index (χ1n) is 13.7. The number of carbonyl (C=O) groups excluding carboxylic acids is 1. The molecule has 180 valence electrons. The summed E-state index contributed by atoms with van der Waals surface area (Å²) in [4.78, 5) is 12.9. The van der Waals surface area contributed by atoms with Crippen LogP contribution in [-0.2, 0) is 9.53 Å². The highest BCUT2D eigenvalue weighted by molar-refractivity contribution is 5.85. The second kappa shape index (κ2) is 6.96. The van der Waals surface area contributed by atoms with Gasteiger partial charge in [0, 0.05) is 11.8 Å². The van der Waals surface area contributed by atoms with Gasteiger partial charge in [-0.1, -0.05) is 46.8 Å². The molecule has 2 heteroatoms. The molecule has 0 aromatic carbocycles. The average Bonchev–Trinajstić information content (AvgIpc) is 3.15. The molecule has 0 spiro atoms. The van der Waals surface area contributed by atoms with Gasteiger partial charge in [-0.3, -0.25) is 4.79 Å². The zero-order valence-corrected chi connectivity index (χ0v) is 22.0. The molecule has 1 aliphatic heterocycles. The molecule has 5 rings (SSSR count). The number of rotatable bonds is 4. The van der Waals surface area contributed by atoms with E-state index >= 15 is 0 Å². The maximum atomic E-state index is 12.9. The first-order valence-corrected chi connectivity index (χ1v) is 13.7. The molecule has 0 aromatic rings. The molecule has 32 heavy (non-hydrogen) atoms. The quantitative estimate of drug-likeness (QED) is 0.330. The minimum atomic E-state index is -0.142. The highest BCUT2D eigenvalue weighted by atomic mass is 16.6. The maximum absolute atomic E-state index is 12.9. The van der Waals surface area contributed by atoms with E-state index in [1.165, 1.54) is 44.1 Å². The summed E-state index contributed by atoms with van der Waals surface area (Å²) >= 11 is 0. The lowest BCUT2D eigenvalue weighted by Crippen LogP contribution is -2.63. The fraction of sp³-hybridized carbons (Fsp3) is 0.900. The number of epoxide rings is 1. The molecule has 0 amide bonds. The van der Waals surface area contributed by atoms with Gasteiger partial charge in [0.15, 0.2) is 0 Å². The summed E-state index contributed by atoms with van der Waals surface area (Å²) in [6.45, 7) is 21.5. The number of hydrogen-bond donors (Lipinski definition) is 0. The Kier molecular flexibility index (Phi) is 5.03. The summed E-state index contributed by atoms with van der Waals surface area (Å²) in [5.41, 5.74) is 2.60. The van der Waals surface area contributed by atoms with Gasteiger partial charge < -0.3 is 4.74 Å². The van der Waals surface area contributed by atoms with Crippen LogP contribution in [0.25, 0.3) is 0 Å². The Balaban J connectivity index is 1.37. The van der Waals surface area contributed by atoms with Crippen molar-refractivity contribution in [3.05, 3.63) is 12.2 Å². The van der Waals surface area contributed by atoms with Crippen LogP contribution < -0.4 is 0 Å². The Labute approximate surface area is 197 Å². The third-order valence-electron chi connectivity index (χ3n) is 12.6. The number of hydrogen-bond acceptors (Lipinski definition) is 2. The monoisotopic (exact) mass is 440 g/mol. The smallest absolute Gasteiger partial charge is 0.138 e. The number of Topliss-reactive ketones (excluding diaryl/α,β-unsaturated/α-hetero) is 1. The highest BCUT2D eigenvalue weighted by Gasteiger charge is 2.68. The summed E-state index contributed by atoms with van der Waals surface area (Å²) in [6, 6.07) is 0. The third-order valence-corrected chi connectivity index (χ3v) is 12.6. The van der Waals surface area contributed by atoms with Crippen LogP contribution in [0.15, 0.2) is 12.2 Å². The van der Waals surface area contributed by atoms with E-state index in [1.54, 1.807) is 0 Å². The van der Waals surface area contributed by atoms with Crippen molar-refractivity contribution in [2.45, 2.75) is 124 Å². The Hall–Kier alpha value is -0.630. The minimum Gasteiger partial charge on any atom is -0.367 e. The van der Waals surface area contributed by atoms with Gasteiger partial charge in [-0.15, -0.1) is 0 Å². The van der Waals surface area contributed by atoms with Crippen molar-refractivity contribution in [3.63, 3.8) is 0 Å². The Morgan fingerprint density at radius 3 is 2.22 bits per heavy atom. The van der Waals surface area contributed by atoms with Gasteiger partial charge in [-0.05, 0) is 112 Å². The van der Waals surface area contributed by atoms with Gasteiger partial charge in [0.05, 0.1) is 11.7 Å². The lowest BCUT2D eigenvalue weighted by molar-refractivity contribution is -0.201. The van der Waals surface area contributed by atoms with Crippen LogP contribution in [0.4, 0.5) is 0 Å². The first kappa shape index (κ1) is 23.1. The Morgan fingerprint density at radius 1 is 0.906 bits per heavy atom. The predicted octanol–water partition coefficient (Wildman–Crippen LogP) is 7.75. The van der Waals surface area contributed by atoms with E-state index in [9.17, 15) is 4.79 Å². The second-order valence-electron chi connectivity index (χ2n) is 14.4. The fourth-order valence-electron chi connectivity index (χ4n) is 10.3. The van der Waals surface area contributed by atoms with Gasteiger partial charge in [0.1, 0.15) is 5.78 Å². The van der Waals surface area contributed by atoms with Gasteiger partial charge in [-0.25, -0.2) is 0 Å². The van der Waals surface area contributed by atoms with Crippen molar-refractivity contribution in [1.29, 1.82) is 0 Å². The molecular formula is C30H48O2. The largest absolute Gasteiger partial charge is 0.367 e. The summed E-state index contributed by atoms with van der Waals surface area (Å²) in [5, 5.41) is 0. The maximum Gasteiger partial charge on any atom is 0.138 e. The molecule has 0 aromatic heterocycles. The van der Waals surface area contributed by atoms with E-state index in [-0.39, 0.29) is 11.0 Å². The van der Waals surface area contributed by atoms with E-state index in [2.05, 4.69) is 55.0 Å². The highest BCUT2D eigenvalue weighted by Crippen LogP contribution is 2.75. The zero-order chi connectivity index (χ0) is 23.3. The van der Waals surface area contributed by atoms with Crippen LogP contribution >= 0.6 is 0 Å². The normalized spacial score (nSPS) is 50.8. The number of carbonyl (C=O) groups is 1.